The van der Waals surface area contributed by atoms with Crippen LogP contribution in [0.3, 0.4) is 0 Å². The molecule has 1 atom stereocenters. The van der Waals surface area contributed by atoms with Crippen LogP contribution in [-0.4, -0.2) is 33.7 Å². The van der Waals surface area contributed by atoms with Gasteiger partial charge >= 0.3 is 5.97 Å². The van der Waals surface area contributed by atoms with E-state index in [1.165, 1.54) is 0 Å². The van der Waals surface area contributed by atoms with Crippen LogP contribution in [-0.2, 0) is 11.3 Å². The summed E-state index contributed by atoms with van der Waals surface area (Å²) in [5.74, 6) is -0.612. The Morgan fingerprint density at radius 2 is 2.28 bits per heavy atom. The molecule has 0 radical (unpaired) electrons. The Labute approximate surface area is 111 Å². The van der Waals surface area contributed by atoms with E-state index in [0.29, 0.717) is 17.1 Å². The fourth-order valence-electron chi connectivity index (χ4n) is 2.44. The molecule has 1 aromatic rings. The molecule has 2 rings (SSSR count). The Morgan fingerprint density at radius 3 is 2.94 bits per heavy atom. The second-order valence-corrected chi connectivity index (χ2v) is 5.01. The van der Waals surface area contributed by atoms with Crippen molar-refractivity contribution in [2.24, 2.45) is 0 Å². The summed E-state index contributed by atoms with van der Waals surface area (Å²) in [6.07, 6.45) is 2.02. The third kappa shape index (κ3) is 2.94. The Balaban J connectivity index is 2.10. The molecule has 2 N–H and O–H groups in total. The highest BCUT2D eigenvalue weighted by molar-refractivity contribution is 6.31. The molecule has 0 aliphatic carbocycles. The van der Waals surface area contributed by atoms with Gasteiger partial charge in [0.15, 0.2) is 0 Å². The van der Waals surface area contributed by atoms with Gasteiger partial charge in [0.05, 0.1) is 6.42 Å². The fourth-order valence-corrected chi connectivity index (χ4v) is 2.67. The number of carbonyl (C=O) groups is 1. The standard InChI is InChI=1S/C13H16ClNO3/c14-11-4-1-5-12(16)10(11)8-15-6-2-3-9(15)7-13(17)18/h1,4-5,9,16H,2-3,6-8H2,(H,17,18). The lowest BCUT2D eigenvalue weighted by atomic mass is 10.1. The van der Waals surface area contributed by atoms with Crippen molar-refractivity contribution in [3.05, 3.63) is 28.8 Å². The molecule has 18 heavy (non-hydrogen) atoms. The van der Waals surface area contributed by atoms with Crippen LogP contribution in [0.25, 0.3) is 0 Å². The first-order chi connectivity index (χ1) is 8.58. The van der Waals surface area contributed by atoms with Gasteiger partial charge in [0.25, 0.3) is 0 Å². The zero-order valence-corrected chi connectivity index (χ0v) is 10.7. The van der Waals surface area contributed by atoms with E-state index in [2.05, 4.69) is 4.90 Å². The van der Waals surface area contributed by atoms with Gasteiger partial charge in [0.2, 0.25) is 0 Å². The minimum absolute atomic E-state index is 0.0400. The normalized spacial score (nSPS) is 20.2. The first kappa shape index (κ1) is 13.2. The summed E-state index contributed by atoms with van der Waals surface area (Å²) in [5, 5.41) is 19.2. The summed E-state index contributed by atoms with van der Waals surface area (Å²) < 4.78 is 0. The molecule has 0 amide bonds. The molecule has 0 saturated carbocycles. The van der Waals surface area contributed by atoms with Crippen LogP contribution >= 0.6 is 11.6 Å². The molecular weight excluding hydrogens is 254 g/mol. The number of benzene rings is 1. The van der Waals surface area contributed by atoms with Gasteiger partial charge in [-0.25, -0.2) is 0 Å². The zero-order chi connectivity index (χ0) is 13.1. The fraction of sp³-hybridized carbons (Fsp3) is 0.462. The molecule has 1 fully saturated rings. The highest BCUT2D eigenvalue weighted by Crippen LogP contribution is 2.30. The number of phenolic OH excluding ortho intramolecular Hbond substituents is 1. The molecular formula is C13H16ClNO3. The number of halogens is 1. The number of aromatic hydroxyl groups is 1. The second-order valence-electron chi connectivity index (χ2n) is 4.60. The van der Waals surface area contributed by atoms with Crippen LogP contribution in [0.15, 0.2) is 18.2 Å². The Hall–Kier alpha value is -1.26. The number of carboxylic acid groups (broad SMARTS) is 1. The molecule has 1 heterocycles. The predicted octanol–water partition coefficient (Wildman–Crippen LogP) is 2.48. The van der Waals surface area contributed by atoms with Crippen LogP contribution in [0.5, 0.6) is 5.75 Å². The topological polar surface area (TPSA) is 60.8 Å². The summed E-state index contributed by atoms with van der Waals surface area (Å²) in [7, 11) is 0. The molecule has 4 nitrogen and oxygen atoms in total. The van der Waals surface area contributed by atoms with E-state index in [1.807, 2.05) is 0 Å². The van der Waals surface area contributed by atoms with Crippen LogP contribution in [0.4, 0.5) is 0 Å². The first-order valence-electron chi connectivity index (χ1n) is 6.00. The summed E-state index contributed by atoms with van der Waals surface area (Å²) >= 11 is 6.06. The maximum Gasteiger partial charge on any atom is 0.304 e. The average molecular weight is 270 g/mol. The number of aliphatic carboxylic acids is 1. The summed E-state index contributed by atoms with van der Waals surface area (Å²) in [4.78, 5) is 12.9. The number of hydrogen-bond donors (Lipinski definition) is 2. The maximum atomic E-state index is 10.8. The molecule has 1 aliphatic rings. The van der Waals surface area contributed by atoms with Crippen molar-refractivity contribution in [1.29, 1.82) is 0 Å². The van der Waals surface area contributed by atoms with Gasteiger partial charge in [0.1, 0.15) is 5.75 Å². The molecule has 1 saturated heterocycles. The lowest BCUT2D eigenvalue weighted by Crippen LogP contribution is -2.31. The largest absolute Gasteiger partial charge is 0.508 e. The van der Waals surface area contributed by atoms with Crippen LogP contribution in [0, 0.1) is 0 Å². The third-order valence-corrected chi connectivity index (χ3v) is 3.72. The van der Waals surface area contributed by atoms with Gasteiger partial charge in [0, 0.05) is 23.2 Å². The number of rotatable bonds is 4. The Bertz CT molecular complexity index is 430. The predicted molar refractivity (Wildman–Crippen MR) is 68.8 cm³/mol. The second kappa shape index (κ2) is 5.59. The van der Waals surface area contributed by atoms with E-state index < -0.39 is 5.97 Å². The van der Waals surface area contributed by atoms with Crippen molar-refractivity contribution < 1.29 is 15.0 Å². The third-order valence-electron chi connectivity index (χ3n) is 3.36. The van der Waals surface area contributed by atoms with Gasteiger partial charge in [-0.2, -0.15) is 0 Å². The van der Waals surface area contributed by atoms with Gasteiger partial charge < -0.3 is 10.2 Å². The quantitative estimate of drug-likeness (QED) is 0.882. The smallest absolute Gasteiger partial charge is 0.304 e. The van der Waals surface area contributed by atoms with Gasteiger partial charge in [-0.15, -0.1) is 0 Å². The minimum atomic E-state index is -0.782. The van der Waals surface area contributed by atoms with Crippen molar-refractivity contribution in [3.63, 3.8) is 0 Å². The molecule has 0 aromatic heterocycles. The highest BCUT2D eigenvalue weighted by Gasteiger charge is 2.27. The first-order valence-corrected chi connectivity index (χ1v) is 6.38. The molecule has 98 valence electrons. The van der Waals surface area contributed by atoms with E-state index in [1.54, 1.807) is 18.2 Å². The number of phenols is 1. The van der Waals surface area contributed by atoms with Crippen molar-refractivity contribution in [2.45, 2.75) is 31.8 Å². The average Bonchev–Trinajstić information content (AvgIpc) is 2.70. The van der Waals surface area contributed by atoms with E-state index in [4.69, 9.17) is 16.7 Å². The van der Waals surface area contributed by atoms with E-state index >= 15 is 0 Å². The zero-order valence-electron chi connectivity index (χ0n) is 9.97. The molecule has 1 unspecified atom stereocenters. The lowest BCUT2D eigenvalue weighted by Gasteiger charge is -2.24. The lowest BCUT2D eigenvalue weighted by molar-refractivity contribution is -0.138. The van der Waals surface area contributed by atoms with Crippen LogP contribution in [0.1, 0.15) is 24.8 Å². The molecule has 1 aromatic carbocycles. The monoisotopic (exact) mass is 269 g/mol. The van der Waals surface area contributed by atoms with E-state index in [0.717, 1.165) is 19.4 Å². The van der Waals surface area contributed by atoms with Crippen molar-refractivity contribution in [1.82, 2.24) is 4.90 Å². The summed E-state index contributed by atoms with van der Waals surface area (Å²) in [6, 6.07) is 5.07. The SMILES string of the molecule is O=C(O)CC1CCCN1Cc1c(O)cccc1Cl. The van der Waals surface area contributed by atoms with E-state index in [9.17, 15) is 9.90 Å². The highest BCUT2D eigenvalue weighted by atomic mass is 35.5. The number of likely N-dealkylation sites (tertiary alicyclic amines) is 1. The van der Waals surface area contributed by atoms with Crippen LogP contribution in [0.2, 0.25) is 5.02 Å². The van der Waals surface area contributed by atoms with Crippen molar-refractivity contribution in [3.8, 4) is 5.75 Å². The molecule has 5 heteroatoms. The van der Waals surface area contributed by atoms with Crippen LogP contribution < -0.4 is 0 Å². The van der Waals surface area contributed by atoms with Gasteiger partial charge in [-0.3, -0.25) is 9.69 Å². The Morgan fingerprint density at radius 1 is 1.50 bits per heavy atom. The molecule has 0 bridgehead atoms. The van der Waals surface area contributed by atoms with Gasteiger partial charge in [-0.05, 0) is 31.5 Å². The number of hydrogen-bond acceptors (Lipinski definition) is 3. The van der Waals surface area contributed by atoms with E-state index in [-0.39, 0.29) is 18.2 Å². The van der Waals surface area contributed by atoms with Crippen molar-refractivity contribution in [2.75, 3.05) is 6.54 Å². The summed E-state index contributed by atoms with van der Waals surface area (Å²) in [6.45, 7) is 1.35. The maximum absolute atomic E-state index is 10.8. The number of carboxylic acids is 1. The number of nitrogens with zero attached hydrogens (tertiary/aromatic N) is 1. The Kier molecular flexibility index (Phi) is 4.09. The molecule has 1 aliphatic heterocycles. The molecule has 0 spiro atoms. The van der Waals surface area contributed by atoms with Crippen molar-refractivity contribution >= 4 is 17.6 Å². The van der Waals surface area contributed by atoms with Gasteiger partial charge in [-0.1, -0.05) is 17.7 Å². The summed E-state index contributed by atoms with van der Waals surface area (Å²) in [5.41, 5.74) is 0.677. The minimum Gasteiger partial charge on any atom is -0.508 e.